The Hall–Kier alpha value is -0.380. The van der Waals surface area contributed by atoms with Crippen LogP contribution in [0.1, 0.15) is 0 Å². The number of alkyl halides is 3. The number of carbonyl (C=O) groups is 1. The third-order valence-corrected chi connectivity index (χ3v) is 0.781. The normalized spacial score (nSPS) is 9.78. The van der Waals surface area contributed by atoms with Crippen LogP contribution in [0.25, 0.3) is 0 Å². The molecule has 5 heteroatoms. The van der Waals surface area contributed by atoms with Gasteiger partial charge in [0.1, 0.15) is 0 Å². The molecule has 1 N–H and O–H groups in total. The van der Waals surface area contributed by atoms with Crippen LogP contribution < -0.4 is 5.32 Å². The SMILES string of the molecule is O=C(NCCCl)C(F)F. The molecule has 0 aliphatic heterocycles. The number of carbonyl (C=O) groups excluding carboxylic acids is 1. The molecular formula is C4H6ClF2NO. The average Bonchev–Trinajstić information content (AvgIpc) is 1.82. The zero-order valence-corrected chi connectivity index (χ0v) is 5.29. The number of amides is 1. The van der Waals surface area contributed by atoms with Crippen LogP contribution in [0, 0.1) is 0 Å². The van der Waals surface area contributed by atoms with Gasteiger partial charge < -0.3 is 5.32 Å². The quantitative estimate of drug-likeness (QED) is 0.598. The fourth-order valence-corrected chi connectivity index (χ4v) is 0.342. The maximum Gasteiger partial charge on any atom is 0.315 e. The lowest BCUT2D eigenvalue weighted by Gasteiger charge is -1.98. The second kappa shape index (κ2) is 4.49. The van der Waals surface area contributed by atoms with Gasteiger partial charge in [-0.15, -0.1) is 11.6 Å². The number of nitrogens with one attached hydrogen (secondary N) is 1. The minimum absolute atomic E-state index is 0.0880. The van der Waals surface area contributed by atoms with E-state index in [1.54, 1.807) is 0 Å². The van der Waals surface area contributed by atoms with Gasteiger partial charge in [-0.05, 0) is 0 Å². The first-order valence-electron chi connectivity index (χ1n) is 2.30. The third kappa shape index (κ3) is 4.14. The van der Waals surface area contributed by atoms with Crippen molar-refractivity contribution in [3.8, 4) is 0 Å². The van der Waals surface area contributed by atoms with E-state index in [9.17, 15) is 13.6 Å². The summed E-state index contributed by atoms with van der Waals surface area (Å²) >= 11 is 5.09. The highest BCUT2D eigenvalue weighted by atomic mass is 35.5. The van der Waals surface area contributed by atoms with Crippen LogP contribution in [0.2, 0.25) is 0 Å². The van der Waals surface area contributed by atoms with Crippen molar-refractivity contribution in [3.63, 3.8) is 0 Å². The first-order chi connectivity index (χ1) is 4.18. The molecule has 0 bridgehead atoms. The number of hydrogen-bond donors (Lipinski definition) is 1. The van der Waals surface area contributed by atoms with Gasteiger partial charge in [0.05, 0.1) is 0 Å². The number of hydrogen-bond acceptors (Lipinski definition) is 1. The first-order valence-corrected chi connectivity index (χ1v) is 2.83. The standard InChI is InChI=1S/C4H6ClF2NO/c5-1-2-8-4(9)3(6)7/h3H,1-2H2,(H,8,9). The molecular weight excluding hydrogens is 151 g/mol. The molecule has 9 heavy (non-hydrogen) atoms. The van der Waals surface area contributed by atoms with Crippen LogP contribution in [0.4, 0.5) is 8.78 Å². The van der Waals surface area contributed by atoms with Crippen molar-refractivity contribution in [2.45, 2.75) is 6.43 Å². The van der Waals surface area contributed by atoms with E-state index in [1.807, 2.05) is 5.32 Å². The van der Waals surface area contributed by atoms with Crippen LogP contribution in [-0.4, -0.2) is 24.8 Å². The number of halogens is 3. The molecule has 0 aliphatic rings. The first kappa shape index (κ1) is 8.62. The van der Waals surface area contributed by atoms with E-state index in [1.165, 1.54) is 0 Å². The Morgan fingerprint density at radius 1 is 1.67 bits per heavy atom. The fourth-order valence-electron chi connectivity index (χ4n) is 0.248. The zero-order valence-electron chi connectivity index (χ0n) is 4.53. The van der Waals surface area contributed by atoms with Crippen molar-refractivity contribution < 1.29 is 13.6 Å². The summed E-state index contributed by atoms with van der Waals surface area (Å²) < 4.78 is 22.6. The Morgan fingerprint density at radius 2 is 2.22 bits per heavy atom. The lowest BCUT2D eigenvalue weighted by molar-refractivity contribution is -0.131. The van der Waals surface area contributed by atoms with Crippen LogP contribution in [-0.2, 0) is 4.79 Å². The van der Waals surface area contributed by atoms with E-state index < -0.39 is 12.3 Å². The molecule has 0 unspecified atom stereocenters. The van der Waals surface area contributed by atoms with E-state index >= 15 is 0 Å². The summed E-state index contributed by atoms with van der Waals surface area (Å²) in [5.74, 6) is -1.12. The largest absolute Gasteiger partial charge is 0.350 e. The smallest absolute Gasteiger partial charge is 0.315 e. The fraction of sp³-hybridized carbons (Fsp3) is 0.750. The molecule has 0 radical (unpaired) electrons. The molecule has 0 fully saturated rings. The lowest BCUT2D eigenvalue weighted by Crippen LogP contribution is -2.30. The molecule has 0 aromatic rings. The Bertz CT molecular complexity index is 98.6. The van der Waals surface area contributed by atoms with E-state index in [0.29, 0.717) is 0 Å². The highest BCUT2D eigenvalue weighted by molar-refractivity contribution is 6.18. The van der Waals surface area contributed by atoms with Crippen molar-refractivity contribution >= 4 is 17.5 Å². The second-order valence-corrected chi connectivity index (χ2v) is 1.66. The van der Waals surface area contributed by atoms with Gasteiger partial charge in [-0.25, -0.2) is 0 Å². The second-order valence-electron chi connectivity index (χ2n) is 1.28. The van der Waals surface area contributed by atoms with Gasteiger partial charge in [0, 0.05) is 12.4 Å². The van der Waals surface area contributed by atoms with Gasteiger partial charge in [-0.1, -0.05) is 0 Å². The maximum absolute atomic E-state index is 11.3. The Kier molecular flexibility index (Phi) is 4.30. The minimum Gasteiger partial charge on any atom is -0.350 e. The molecule has 0 saturated heterocycles. The van der Waals surface area contributed by atoms with Crippen LogP contribution in [0.3, 0.4) is 0 Å². The van der Waals surface area contributed by atoms with E-state index in [4.69, 9.17) is 11.6 Å². The van der Waals surface area contributed by atoms with Crippen LogP contribution >= 0.6 is 11.6 Å². The number of rotatable bonds is 3. The summed E-state index contributed by atoms with van der Waals surface area (Å²) in [6, 6.07) is 0. The van der Waals surface area contributed by atoms with E-state index in [2.05, 4.69) is 0 Å². The molecule has 0 spiro atoms. The highest BCUT2D eigenvalue weighted by Gasteiger charge is 2.12. The monoisotopic (exact) mass is 157 g/mol. The predicted molar refractivity (Wildman–Crippen MR) is 29.7 cm³/mol. The topological polar surface area (TPSA) is 29.1 Å². The molecule has 0 heterocycles. The molecule has 54 valence electrons. The molecule has 0 aliphatic carbocycles. The Morgan fingerprint density at radius 3 is 2.56 bits per heavy atom. The van der Waals surface area contributed by atoms with Crippen molar-refractivity contribution in [2.24, 2.45) is 0 Å². The Balaban J connectivity index is 3.28. The van der Waals surface area contributed by atoms with Crippen LogP contribution in [0.5, 0.6) is 0 Å². The van der Waals surface area contributed by atoms with Gasteiger partial charge in [0.15, 0.2) is 0 Å². The lowest BCUT2D eigenvalue weighted by atomic mass is 10.6. The summed E-state index contributed by atoms with van der Waals surface area (Å²) in [5.41, 5.74) is 0. The molecule has 0 saturated carbocycles. The molecule has 0 aromatic carbocycles. The van der Waals surface area contributed by atoms with Crippen molar-refractivity contribution in [3.05, 3.63) is 0 Å². The van der Waals surface area contributed by atoms with E-state index in [-0.39, 0.29) is 12.4 Å². The zero-order chi connectivity index (χ0) is 7.28. The minimum atomic E-state index is -2.94. The molecule has 2 nitrogen and oxygen atoms in total. The van der Waals surface area contributed by atoms with Crippen molar-refractivity contribution in [1.29, 1.82) is 0 Å². The van der Waals surface area contributed by atoms with E-state index in [0.717, 1.165) is 0 Å². The van der Waals surface area contributed by atoms with Crippen LogP contribution in [0.15, 0.2) is 0 Å². The van der Waals surface area contributed by atoms with Crippen molar-refractivity contribution in [1.82, 2.24) is 5.32 Å². The molecule has 1 amide bonds. The highest BCUT2D eigenvalue weighted by Crippen LogP contribution is 1.89. The summed E-state index contributed by atoms with van der Waals surface area (Å²) in [6.45, 7) is 0.0880. The predicted octanol–water partition coefficient (Wildman–Crippen LogP) is 0.606. The average molecular weight is 158 g/mol. The Labute approximate surface area is 56.2 Å². The summed E-state index contributed by atoms with van der Waals surface area (Å²) in [4.78, 5) is 9.98. The van der Waals surface area contributed by atoms with Gasteiger partial charge >= 0.3 is 6.43 Å². The summed E-state index contributed by atoms with van der Waals surface area (Å²) in [7, 11) is 0. The van der Waals surface area contributed by atoms with Crippen molar-refractivity contribution in [2.75, 3.05) is 12.4 Å². The molecule has 0 aromatic heterocycles. The van der Waals surface area contributed by atoms with Gasteiger partial charge in [0.2, 0.25) is 0 Å². The summed E-state index contributed by atoms with van der Waals surface area (Å²) in [5, 5.41) is 1.91. The molecule has 0 rings (SSSR count). The summed E-state index contributed by atoms with van der Waals surface area (Å²) in [6.07, 6.45) is -2.94. The molecule has 0 atom stereocenters. The van der Waals surface area contributed by atoms with Gasteiger partial charge in [-0.2, -0.15) is 8.78 Å². The van der Waals surface area contributed by atoms with Gasteiger partial charge in [-0.3, -0.25) is 4.79 Å². The van der Waals surface area contributed by atoms with Gasteiger partial charge in [0.25, 0.3) is 5.91 Å². The maximum atomic E-state index is 11.3. The third-order valence-electron chi connectivity index (χ3n) is 0.592.